The third-order valence-corrected chi connectivity index (χ3v) is 4.29. The number of carboxylic acids is 1. The second kappa shape index (κ2) is 7.27. The van der Waals surface area contributed by atoms with Crippen molar-refractivity contribution >= 4 is 5.97 Å². The lowest BCUT2D eigenvalue weighted by Crippen LogP contribution is -2.39. The van der Waals surface area contributed by atoms with E-state index >= 15 is 0 Å². The lowest BCUT2D eigenvalue weighted by Gasteiger charge is -2.26. The molecule has 1 heterocycles. The number of carbonyl (C=O) groups is 1. The highest BCUT2D eigenvalue weighted by molar-refractivity contribution is 5.74. The highest BCUT2D eigenvalue weighted by Gasteiger charge is 2.34. The molecule has 1 aromatic carbocycles. The zero-order valence-corrected chi connectivity index (χ0v) is 13.1. The van der Waals surface area contributed by atoms with Gasteiger partial charge in [-0.15, -0.1) is 0 Å². The van der Waals surface area contributed by atoms with Gasteiger partial charge in [-0.3, -0.25) is 4.79 Å². The third kappa shape index (κ3) is 3.57. The van der Waals surface area contributed by atoms with Gasteiger partial charge in [0.05, 0.1) is 12.0 Å². The van der Waals surface area contributed by atoms with Gasteiger partial charge in [0.25, 0.3) is 0 Å². The first-order valence-electron chi connectivity index (χ1n) is 7.69. The maximum absolute atomic E-state index is 11.5. The summed E-state index contributed by atoms with van der Waals surface area (Å²) in [6.07, 6.45) is 1.22. The van der Waals surface area contributed by atoms with Crippen LogP contribution in [0.3, 0.4) is 0 Å². The lowest BCUT2D eigenvalue weighted by atomic mass is 9.82. The summed E-state index contributed by atoms with van der Waals surface area (Å²) >= 11 is 0. The normalized spacial score (nSPS) is 11.5. The van der Waals surface area contributed by atoms with Crippen LogP contribution < -0.4 is 5.32 Å². The van der Waals surface area contributed by atoms with Crippen molar-refractivity contribution in [3.63, 3.8) is 0 Å². The SMILES string of the molecule is CCC(CC)(CNCc1ccc(-c2ccccc2)o1)C(=O)O. The smallest absolute Gasteiger partial charge is 0.310 e. The van der Waals surface area contributed by atoms with Crippen molar-refractivity contribution in [1.29, 1.82) is 0 Å². The molecule has 4 nitrogen and oxygen atoms in total. The van der Waals surface area contributed by atoms with Crippen LogP contribution in [0.1, 0.15) is 32.4 Å². The highest BCUT2D eigenvalue weighted by Crippen LogP contribution is 2.26. The molecule has 0 saturated carbocycles. The number of hydrogen-bond acceptors (Lipinski definition) is 3. The molecule has 0 aliphatic heterocycles. The molecular weight excluding hydrogens is 278 g/mol. The summed E-state index contributed by atoms with van der Waals surface area (Å²) < 4.78 is 5.80. The van der Waals surface area contributed by atoms with Crippen LogP contribution in [0.25, 0.3) is 11.3 Å². The van der Waals surface area contributed by atoms with Gasteiger partial charge in [-0.25, -0.2) is 0 Å². The van der Waals surface area contributed by atoms with E-state index in [-0.39, 0.29) is 0 Å². The van der Waals surface area contributed by atoms with E-state index in [4.69, 9.17) is 4.42 Å². The molecule has 0 fully saturated rings. The Labute approximate surface area is 131 Å². The molecule has 0 aliphatic carbocycles. The Morgan fingerprint density at radius 3 is 2.41 bits per heavy atom. The molecule has 0 saturated heterocycles. The van der Waals surface area contributed by atoms with Gasteiger partial charge < -0.3 is 14.8 Å². The van der Waals surface area contributed by atoms with Gasteiger partial charge in [0.1, 0.15) is 11.5 Å². The van der Waals surface area contributed by atoms with Crippen LogP contribution in [-0.2, 0) is 11.3 Å². The van der Waals surface area contributed by atoms with Gasteiger partial charge in [-0.1, -0.05) is 44.2 Å². The van der Waals surface area contributed by atoms with Crippen LogP contribution in [0.4, 0.5) is 0 Å². The summed E-state index contributed by atoms with van der Waals surface area (Å²) in [6.45, 7) is 4.80. The van der Waals surface area contributed by atoms with Crippen LogP contribution in [-0.4, -0.2) is 17.6 Å². The Hall–Kier alpha value is -2.07. The standard InChI is InChI=1S/C18H23NO3/c1-3-18(4-2,17(20)21)13-19-12-15-10-11-16(22-15)14-8-6-5-7-9-14/h5-11,19H,3-4,12-13H2,1-2H3,(H,20,21). The molecule has 4 heteroatoms. The zero-order valence-electron chi connectivity index (χ0n) is 13.1. The first-order chi connectivity index (χ1) is 10.6. The van der Waals surface area contributed by atoms with Crippen molar-refractivity contribution < 1.29 is 14.3 Å². The number of aliphatic carboxylic acids is 1. The molecule has 0 unspecified atom stereocenters. The molecule has 0 radical (unpaired) electrons. The second-order valence-corrected chi connectivity index (χ2v) is 5.53. The average molecular weight is 301 g/mol. The molecule has 0 aliphatic rings. The zero-order chi connectivity index (χ0) is 16.0. The second-order valence-electron chi connectivity index (χ2n) is 5.53. The molecule has 2 N–H and O–H groups in total. The minimum Gasteiger partial charge on any atom is -0.481 e. The summed E-state index contributed by atoms with van der Waals surface area (Å²) in [5, 5.41) is 12.6. The molecule has 2 rings (SSSR count). The number of rotatable bonds is 8. The Balaban J connectivity index is 1.96. The molecule has 1 aromatic heterocycles. The lowest BCUT2D eigenvalue weighted by molar-refractivity contribution is -0.149. The minimum atomic E-state index is -0.741. The first-order valence-corrected chi connectivity index (χ1v) is 7.69. The Morgan fingerprint density at radius 1 is 1.14 bits per heavy atom. The fraction of sp³-hybridized carbons (Fsp3) is 0.389. The molecular formula is C18H23NO3. The van der Waals surface area contributed by atoms with Crippen molar-refractivity contribution in [2.75, 3.05) is 6.54 Å². The maximum Gasteiger partial charge on any atom is 0.310 e. The summed E-state index contributed by atoms with van der Waals surface area (Å²) in [7, 11) is 0. The van der Waals surface area contributed by atoms with Gasteiger partial charge in [0.15, 0.2) is 0 Å². The third-order valence-electron chi connectivity index (χ3n) is 4.29. The van der Waals surface area contributed by atoms with Crippen molar-refractivity contribution in [2.45, 2.75) is 33.2 Å². The van der Waals surface area contributed by atoms with Crippen molar-refractivity contribution in [3.8, 4) is 11.3 Å². The van der Waals surface area contributed by atoms with E-state index in [9.17, 15) is 9.90 Å². The first kappa shape index (κ1) is 16.3. The van der Waals surface area contributed by atoms with Crippen molar-refractivity contribution in [3.05, 3.63) is 48.2 Å². The Bertz CT molecular complexity index is 600. The number of hydrogen-bond donors (Lipinski definition) is 2. The van der Waals surface area contributed by atoms with Gasteiger partial charge in [0.2, 0.25) is 0 Å². The van der Waals surface area contributed by atoms with Crippen LogP contribution >= 0.6 is 0 Å². The van der Waals surface area contributed by atoms with Crippen molar-refractivity contribution in [1.82, 2.24) is 5.32 Å². The molecule has 0 atom stereocenters. The van der Waals surface area contributed by atoms with E-state index in [0.717, 1.165) is 17.1 Å². The van der Waals surface area contributed by atoms with Crippen LogP contribution in [0.5, 0.6) is 0 Å². The van der Waals surface area contributed by atoms with Crippen LogP contribution in [0.15, 0.2) is 46.9 Å². The number of nitrogens with one attached hydrogen (secondary N) is 1. The molecule has 118 valence electrons. The van der Waals surface area contributed by atoms with Crippen LogP contribution in [0.2, 0.25) is 0 Å². The predicted octanol–water partition coefficient (Wildman–Crippen LogP) is 3.93. The topological polar surface area (TPSA) is 62.5 Å². The van der Waals surface area contributed by atoms with E-state index in [1.165, 1.54) is 0 Å². The minimum absolute atomic E-state index is 0.441. The van der Waals surface area contributed by atoms with Crippen LogP contribution in [0, 0.1) is 5.41 Å². The van der Waals surface area contributed by atoms with E-state index in [2.05, 4.69) is 5.32 Å². The van der Waals surface area contributed by atoms with Gasteiger partial charge >= 0.3 is 5.97 Å². The summed E-state index contributed by atoms with van der Waals surface area (Å²) in [5.74, 6) is 0.896. The van der Waals surface area contributed by atoms with E-state index in [1.54, 1.807) is 0 Å². The largest absolute Gasteiger partial charge is 0.481 e. The summed E-state index contributed by atoms with van der Waals surface area (Å²) in [4.78, 5) is 11.5. The van der Waals surface area contributed by atoms with E-state index in [0.29, 0.717) is 25.9 Å². The van der Waals surface area contributed by atoms with Gasteiger partial charge in [0, 0.05) is 12.1 Å². The number of benzene rings is 1. The maximum atomic E-state index is 11.5. The fourth-order valence-corrected chi connectivity index (χ4v) is 2.53. The molecule has 0 spiro atoms. The number of furan rings is 1. The summed E-state index contributed by atoms with van der Waals surface area (Å²) in [5.41, 5.74) is 0.338. The van der Waals surface area contributed by atoms with Crippen molar-refractivity contribution in [2.24, 2.45) is 5.41 Å². The average Bonchev–Trinajstić information content (AvgIpc) is 3.01. The Morgan fingerprint density at radius 2 is 1.82 bits per heavy atom. The quantitative estimate of drug-likeness (QED) is 0.775. The molecule has 22 heavy (non-hydrogen) atoms. The van der Waals surface area contributed by atoms with Gasteiger partial charge in [-0.05, 0) is 25.0 Å². The molecule has 0 bridgehead atoms. The molecule has 0 amide bonds. The number of carboxylic acid groups (broad SMARTS) is 1. The summed E-state index contributed by atoms with van der Waals surface area (Å²) in [6, 6.07) is 13.8. The highest BCUT2D eigenvalue weighted by atomic mass is 16.4. The fourth-order valence-electron chi connectivity index (χ4n) is 2.53. The van der Waals surface area contributed by atoms with E-state index < -0.39 is 11.4 Å². The molecule has 2 aromatic rings. The predicted molar refractivity (Wildman–Crippen MR) is 86.5 cm³/mol. The Kier molecular flexibility index (Phi) is 5.39. The monoisotopic (exact) mass is 301 g/mol. The van der Waals surface area contributed by atoms with E-state index in [1.807, 2.05) is 56.3 Å². The van der Waals surface area contributed by atoms with Gasteiger partial charge in [-0.2, -0.15) is 0 Å².